The van der Waals surface area contributed by atoms with Crippen molar-refractivity contribution in [3.8, 4) is 0 Å². The van der Waals surface area contributed by atoms with E-state index in [0.717, 1.165) is 6.42 Å². The highest BCUT2D eigenvalue weighted by molar-refractivity contribution is 7.99. The molecule has 136 valence electrons. The molecule has 24 heavy (non-hydrogen) atoms. The Kier molecular flexibility index (Phi) is 6.27. The number of rotatable bonds is 7. The van der Waals surface area contributed by atoms with Gasteiger partial charge in [0.05, 0.1) is 31.4 Å². The van der Waals surface area contributed by atoms with Gasteiger partial charge in [0.15, 0.2) is 15.9 Å². The molecule has 10 heteroatoms. The molecule has 1 fully saturated rings. The Hall–Kier alpha value is -1.13. The number of quaternary nitrogens is 1. The van der Waals surface area contributed by atoms with Gasteiger partial charge in [-0.1, -0.05) is 18.7 Å². The monoisotopic (exact) mass is 377 g/mol. The second-order valence-electron chi connectivity index (χ2n) is 6.29. The molecule has 0 radical (unpaired) electrons. The normalized spacial score (nSPS) is 21.1. The molecule has 1 amide bonds. The van der Waals surface area contributed by atoms with Crippen LogP contribution in [0.5, 0.6) is 0 Å². The molecule has 2 atom stereocenters. The van der Waals surface area contributed by atoms with Crippen molar-refractivity contribution < 1.29 is 22.5 Å². The van der Waals surface area contributed by atoms with Crippen LogP contribution in [0.25, 0.3) is 0 Å². The van der Waals surface area contributed by atoms with E-state index in [1.54, 1.807) is 7.05 Å². The zero-order valence-electron chi connectivity index (χ0n) is 14.5. The van der Waals surface area contributed by atoms with E-state index in [2.05, 4.69) is 17.1 Å². The van der Waals surface area contributed by atoms with Crippen molar-refractivity contribution in [2.75, 3.05) is 38.4 Å². The van der Waals surface area contributed by atoms with Gasteiger partial charge in [-0.3, -0.25) is 4.79 Å². The number of carbonyl (C=O) groups is 1. The highest BCUT2D eigenvalue weighted by atomic mass is 32.2. The van der Waals surface area contributed by atoms with Crippen LogP contribution in [0.15, 0.2) is 9.64 Å². The molecular weight excluding hydrogens is 352 g/mol. The fourth-order valence-electron chi connectivity index (χ4n) is 2.76. The summed E-state index contributed by atoms with van der Waals surface area (Å²) in [5.74, 6) is 0.796. The molecule has 0 spiro atoms. The third kappa shape index (κ3) is 4.70. The topological polar surface area (TPSA) is 97.8 Å². The van der Waals surface area contributed by atoms with Crippen LogP contribution in [0, 0.1) is 0 Å². The minimum Gasteiger partial charge on any atom is -0.410 e. The zero-order valence-corrected chi connectivity index (χ0v) is 16.1. The fraction of sp³-hybridized carbons (Fsp3) is 0.786. The highest BCUT2D eigenvalue weighted by Gasteiger charge is 2.32. The van der Waals surface area contributed by atoms with Crippen LogP contribution in [0.3, 0.4) is 0 Å². The van der Waals surface area contributed by atoms with E-state index in [-0.39, 0.29) is 35.2 Å². The predicted octanol–water partition coefficient (Wildman–Crippen LogP) is -0.597. The molecule has 1 aromatic rings. The van der Waals surface area contributed by atoms with Crippen LogP contribution >= 0.6 is 11.8 Å². The van der Waals surface area contributed by atoms with Crippen LogP contribution in [0.4, 0.5) is 0 Å². The smallest absolute Gasteiger partial charge is 0.277 e. The largest absolute Gasteiger partial charge is 0.410 e. The first-order valence-electron chi connectivity index (χ1n) is 7.95. The molecule has 0 aliphatic carbocycles. The number of hydrogen-bond donors (Lipinski definition) is 1. The fourth-order valence-corrected chi connectivity index (χ4v) is 5.23. The van der Waals surface area contributed by atoms with Crippen molar-refractivity contribution in [1.82, 2.24) is 15.1 Å². The third-order valence-corrected chi connectivity index (χ3v) is 6.85. The summed E-state index contributed by atoms with van der Waals surface area (Å²) < 4.78 is 28.7. The van der Waals surface area contributed by atoms with E-state index in [9.17, 15) is 13.2 Å². The molecule has 1 saturated heterocycles. The number of nitrogens with zero attached hydrogens (tertiary/aromatic N) is 3. The second kappa shape index (κ2) is 7.83. The van der Waals surface area contributed by atoms with Crippen molar-refractivity contribution >= 4 is 27.5 Å². The lowest BCUT2D eigenvalue weighted by atomic mass is 10.2. The molecule has 2 rings (SSSR count). The summed E-state index contributed by atoms with van der Waals surface area (Å²) in [6.45, 7) is 2.06. The summed E-state index contributed by atoms with van der Waals surface area (Å²) >= 11 is 1.19. The van der Waals surface area contributed by atoms with E-state index in [1.807, 2.05) is 14.1 Å². The van der Waals surface area contributed by atoms with Crippen LogP contribution in [-0.4, -0.2) is 73.9 Å². The first kappa shape index (κ1) is 19.2. The van der Waals surface area contributed by atoms with Gasteiger partial charge in [0.25, 0.3) is 11.1 Å². The van der Waals surface area contributed by atoms with Crippen molar-refractivity contribution in [1.29, 1.82) is 0 Å². The van der Waals surface area contributed by atoms with E-state index >= 15 is 0 Å². The van der Waals surface area contributed by atoms with Gasteiger partial charge < -0.3 is 14.2 Å². The van der Waals surface area contributed by atoms with Gasteiger partial charge in [0.1, 0.15) is 0 Å². The quantitative estimate of drug-likeness (QED) is 0.634. The SMILES string of the molecule is CC[C@H](c1nnc(SCC(=O)N(C)[C@@H]2CCS(=O)(=O)C2)o1)[NH+](C)C. The number of thioether (sulfide) groups is 1. The molecule has 1 aliphatic rings. The summed E-state index contributed by atoms with van der Waals surface area (Å²) in [5, 5.41) is 8.42. The Bertz CT molecular complexity index is 674. The molecule has 1 aliphatic heterocycles. The number of nitrogens with one attached hydrogen (secondary N) is 1. The maximum Gasteiger partial charge on any atom is 0.277 e. The minimum atomic E-state index is -3.00. The Labute approximate surface area is 146 Å². The van der Waals surface area contributed by atoms with Gasteiger partial charge in [-0.25, -0.2) is 8.42 Å². The Morgan fingerprint density at radius 2 is 2.17 bits per heavy atom. The van der Waals surface area contributed by atoms with Crippen molar-refractivity contribution in [2.24, 2.45) is 0 Å². The summed E-state index contributed by atoms with van der Waals surface area (Å²) in [4.78, 5) is 15.0. The van der Waals surface area contributed by atoms with Crippen LogP contribution in [-0.2, 0) is 14.6 Å². The van der Waals surface area contributed by atoms with Gasteiger partial charge in [-0.05, 0) is 6.42 Å². The maximum absolute atomic E-state index is 12.2. The predicted molar refractivity (Wildman–Crippen MR) is 90.7 cm³/mol. The molecule has 2 heterocycles. The molecule has 1 N–H and O–H groups in total. The van der Waals surface area contributed by atoms with Crippen LogP contribution < -0.4 is 4.90 Å². The molecule has 0 unspecified atom stereocenters. The van der Waals surface area contributed by atoms with Crippen LogP contribution in [0.1, 0.15) is 31.7 Å². The summed E-state index contributed by atoms with van der Waals surface area (Å²) in [7, 11) is 2.70. The van der Waals surface area contributed by atoms with Gasteiger partial charge in [0, 0.05) is 19.5 Å². The van der Waals surface area contributed by atoms with E-state index < -0.39 is 9.84 Å². The van der Waals surface area contributed by atoms with E-state index in [0.29, 0.717) is 17.5 Å². The van der Waals surface area contributed by atoms with E-state index in [4.69, 9.17) is 4.42 Å². The lowest BCUT2D eigenvalue weighted by Gasteiger charge is -2.22. The summed E-state index contributed by atoms with van der Waals surface area (Å²) in [6.07, 6.45) is 1.39. The lowest BCUT2D eigenvalue weighted by molar-refractivity contribution is -0.894. The molecule has 0 saturated carbocycles. The molecule has 8 nitrogen and oxygen atoms in total. The maximum atomic E-state index is 12.2. The molecule has 0 aromatic carbocycles. The molecule has 0 bridgehead atoms. The Morgan fingerprint density at radius 1 is 1.46 bits per heavy atom. The number of sulfone groups is 1. The lowest BCUT2D eigenvalue weighted by Crippen LogP contribution is -3.06. The third-order valence-electron chi connectivity index (χ3n) is 4.29. The van der Waals surface area contributed by atoms with Gasteiger partial charge in [-0.15, -0.1) is 10.2 Å². The van der Waals surface area contributed by atoms with Crippen molar-refractivity contribution in [3.63, 3.8) is 0 Å². The summed E-state index contributed by atoms with van der Waals surface area (Å²) in [6, 6.07) is -0.0999. The van der Waals surface area contributed by atoms with Crippen LogP contribution in [0.2, 0.25) is 0 Å². The minimum absolute atomic E-state index is 0.0500. The van der Waals surface area contributed by atoms with Crippen molar-refractivity contribution in [3.05, 3.63) is 5.89 Å². The van der Waals surface area contributed by atoms with E-state index in [1.165, 1.54) is 21.6 Å². The Morgan fingerprint density at radius 3 is 2.71 bits per heavy atom. The van der Waals surface area contributed by atoms with Gasteiger partial charge in [0.2, 0.25) is 5.91 Å². The highest BCUT2D eigenvalue weighted by Crippen LogP contribution is 2.22. The molecule has 1 aromatic heterocycles. The van der Waals surface area contributed by atoms with Gasteiger partial charge >= 0.3 is 0 Å². The average Bonchev–Trinajstić information content (AvgIpc) is 3.11. The zero-order chi connectivity index (χ0) is 17.9. The molecular formula is C14H25N4O4S2+. The average molecular weight is 378 g/mol. The van der Waals surface area contributed by atoms with Crippen molar-refractivity contribution in [2.45, 2.75) is 37.1 Å². The second-order valence-corrected chi connectivity index (χ2v) is 9.45. The first-order valence-corrected chi connectivity index (χ1v) is 10.8. The number of carbonyl (C=O) groups excluding carboxylic acids is 1. The number of aromatic nitrogens is 2. The standard InChI is InChI=1S/C14H24N4O4S2/c1-5-11(17(2)3)13-15-16-14(22-13)23-8-12(19)18(4)10-6-7-24(20,21)9-10/h10-11H,5-9H2,1-4H3/p+1/t10-,11-/m1/s1. The Balaban J connectivity index is 1.89. The first-order chi connectivity index (χ1) is 11.2. The summed E-state index contributed by atoms with van der Waals surface area (Å²) in [5.41, 5.74) is 0. The number of hydrogen-bond acceptors (Lipinski definition) is 7. The van der Waals surface area contributed by atoms with Gasteiger partial charge in [-0.2, -0.15) is 0 Å². The number of amides is 1.